The van der Waals surface area contributed by atoms with E-state index in [-0.39, 0.29) is 0 Å². The summed E-state index contributed by atoms with van der Waals surface area (Å²) in [6.45, 7) is 8.18. The Bertz CT molecular complexity index is 282. The third-order valence-electron chi connectivity index (χ3n) is 1.92. The first-order valence-electron chi connectivity index (χ1n) is 5.60. The van der Waals surface area contributed by atoms with Crippen LogP contribution < -0.4 is 5.48 Å². The van der Waals surface area contributed by atoms with Crippen LogP contribution in [0.1, 0.15) is 26.3 Å². The predicted octanol–water partition coefficient (Wildman–Crippen LogP) is 3.24. The van der Waals surface area contributed by atoms with Gasteiger partial charge in [-0.3, -0.25) is 4.84 Å². The van der Waals surface area contributed by atoms with Crippen molar-refractivity contribution in [3.8, 4) is 0 Å². The minimum atomic E-state index is 0.334. The normalized spacial score (nSPS) is 11.7. The zero-order valence-electron chi connectivity index (χ0n) is 10.3. The summed E-state index contributed by atoms with van der Waals surface area (Å²) >= 11 is 1.94. The van der Waals surface area contributed by atoms with Gasteiger partial charge in [-0.25, -0.2) is 5.48 Å². The molecule has 0 spiro atoms. The lowest BCUT2D eigenvalue weighted by Gasteiger charge is -2.17. The van der Waals surface area contributed by atoms with E-state index >= 15 is 0 Å². The highest BCUT2D eigenvalue weighted by molar-refractivity contribution is 8.00. The average Bonchev–Trinajstić information content (AvgIpc) is 2.23. The van der Waals surface area contributed by atoms with Crippen LogP contribution in [0, 0.1) is 0 Å². The molecule has 0 saturated heterocycles. The smallest absolute Gasteiger partial charge is 0.0933 e. The second kappa shape index (κ2) is 6.94. The molecule has 1 aromatic carbocycles. The molecule has 0 amide bonds. The SMILES string of the molecule is CC(C)(C)SCCNOCc1ccccc1. The zero-order valence-corrected chi connectivity index (χ0v) is 11.1. The molecule has 0 fully saturated rings. The molecule has 1 aromatic rings. The summed E-state index contributed by atoms with van der Waals surface area (Å²) < 4.78 is 0.334. The molecule has 3 heteroatoms. The molecule has 0 aliphatic heterocycles. The Hall–Kier alpha value is -0.510. The third kappa shape index (κ3) is 6.88. The number of hydroxylamine groups is 1. The molecule has 0 aliphatic carbocycles. The van der Waals surface area contributed by atoms with Crippen LogP contribution in [-0.2, 0) is 11.4 Å². The van der Waals surface area contributed by atoms with Crippen molar-refractivity contribution in [2.24, 2.45) is 0 Å². The fourth-order valence-electron chi connectivity index (χ4n) is 1.18. The van der Waals surface area contributed by atoms with Crippen LogP contribution in [0.25, 0.3) is 0 Å². The summed E-state index contributed by atoms with van der Waals surface area (Å²) in [5.41, 5.74) is 4.18. The fourth-order valence-corrected chi connectivity index (χ4v) is 1.98. The Balaban J connectivity index is 2.01. The summed E-state index contributed by atoms with van der Waals surface area (Å²) in [5.74, 6) is 1.07. The molecule has 0 heterocycles. The van der Waals surface area contributed by atoms with Crippen LogP contribution >= 0.6 is 11.8 Å². The summed E-state index contributed by atoms with van der Waals surface area (Å²) in [5, 5.41) is 0. The van der Waals surface area contributed by atoms with E-state index in [1.807, 2.05) is 30.0 Å². The van der Waals surface area contributed by atoms with E-state index in [1.165, 1.54) is 5.56 Å². The van der Waals surface area contributed by atoms with Gasteiger partial charge in [0.25, 0.3) is 0 Å². The molecule has 0 bridgehead atoms. The van der Waals surface area contributed by atoms with Crippen molar-refractivity contribution in [3.05, 3.63) is 35.9 Å². The third-order valence-corrected chi connectivity index (χ3v) is 3.20. The fraction of sp³-hybridized carbons (Fsp3) is 0.538. The van der Waals surface area contributed by atoms with Gasteiger partial charge in [-0.15, -0.1) is 0 Å². The number of nitrogens with one attached hydrogen (secondary N) is 1. The van der Waals surface area contributed by atoms with E-state index < -0.39 is 0 Å². The van der Waals surface area contributed by atoms with Crippen molar-refractivity contribution in [3.63, 3.8) is 0 Å². The van der Waals surface area contributed by atoms with Gasteiger partial charge in [-0.2, -0.15) is 11.8 Å². The Labute approximate surface area is 103 Å². The highest BCUT2D eigenvalue weighted by atomic mass is 32.2. The number of benzene rings is 1. The van der Waals surface area contributed by atoms with Gasteiger partial charge in [0.15, 0.2) is 0 Å². The zero-order chi connectivity index (χ0) is 11.9. The highest BCUT2D eigenvalue weighted by Gasteiger charge is 2.08. The van der Waals surface area contributed by atoms with Crippen molar-refractivity contribution < 1.29 is 4.84 Å². The lowest BCUT2D eigenvalue weighted by Crippen LogP contribution is -2.20. The minimum absolute atomic E-state index is 0.334. The van der Waals surface area contributed by atoms with Crippen LogP contribution in [0.15, 0.2) is 30.3 Å². The van der Waals surface area contributed by atoms with Crippen molar-refractivity contribution in [1.29, 1.82) is 0 Å². The van der Waals surface area contributed by atoms with E-state index in [4.69, 9.17) is 4.84 Å². The lowest BCUT2D eigenvalue weighted by atomic mass is 10.2. The van der Waals surface area contributed by atoms with E-state index in [1.54, 1.807) is 0 Å². The molecule has 0 radical (unpaired) electrons. The van der Waals surface area contributed by atoms with Crippen LogP contribution in [0.5, 0.6) is 0 Å². The topological polar surface area (TPSA) is 21.3 Å². The maximum Gasteiger partial charge on any atom is 0.0933 e. The summed E-state index contributed by atoms with van der Waals surface area (Å²) in [4.78, 5) is 5.37. The van der Waals surface area contributed by atoms with E-state index in [0.717, 1.165) is 12.3 Å². The molecule has 1 rings (SSSR count). The molecule has 90 valence electrons. The molecular weight excluding hydrogens is 218 g/mol. The van der Waals surface area contributed by atoms with Crippen molar-refractivity contribution in [2.75, 3.05) is 12.3 Å². The van der Waals surface area contributed by atoms with Gasteiger partial charge in [0.05, 0.1) is 6.61 Å². The first-order valence-corrected chi connectivity index (χ1v) is 6.59. The van der Waals surface area contributed by atoms with Gasteiger partial charge >= 0.3 is 0 Å². The number of rotatable bonds is 6. The molecule has 1 N–H and O–H groups in total. The summed E-state index contributed by atoms with van der Waals surface area (Å²) in [6.07, 6.45) is 0. The van der Waals surface area contributed by atoms with Crippen molar-refractivity contribution in [2.45, 2.75) is 32.1 Å². The Morgan fingerprint density at radius 1 is 1.19 bits per heavy atom. The van der Waals surface area contributed by atoms with Crippen LogP contribution in [0.2, 0.25) is 0 Å². The largest absolute Gasteiger partial charge is 0.297 e. The van der Waals surface area contributed by atoms with E-state index in [2.05, 4.69) is 38.4 Å². The van der Waals surface area contributed by atoms with Gasteiger partial charge in [-0.05, 0) is 5.56 Å². The van der Waals surface area contributed by atoms with Crippen LogP contribution in [0.3, 0.4) is 0 Å². The summed E-state index contributed by atoms with van der Waals surface area (Å²) in [6, 6.07) is 10.2. The highest BCUT2D eigenvalue weighted by Crippen LogP contribution is 2.21. The second-order valence-electron chi connectivity index (χ2n) is 4.63. The molecular formula is C13H21NOS. The Kier molecular flexibility index (Phi) is 5.88. The number of hydrogen-bond acceptors (Lipinski definition) is 3. The van der Waals surface area contributed by atoms with Gasteiger partial charge in [0, 0.05) is 17.0 Å². The van der Waals surface area contributed by atoms with E-state index in [9.17, 15) is 0 Å². The maximum absolute atomic E-state index is 5.37. The summed E-state index contributed by atoms with van der Waals surface area (Å²) in [7, 11) is 0. The van der Waals surface area contributed by atoms with Gasteiger partial charge in [-0.1, -0.05) is 51.1 Å². The van der Waals surface area contributed by atoms with Gasteiger partial charge in [0.2, 0.25) is 0 Å². The Morgan fingerprint density at radius 3 is 2.50 bits per heavy atom. The monoisotopic (exact) mass is 239 g/mol. The predicted molar refractivity (Wildman–Crippen MR) is 71.4 cm³/mol. The number of thioether (sulfide) groups is 1. The molecule has 0 unspecified atom stereocenters. The molecule has 0 aliphatic rings. The van der Waals surface area contributed by atoms with Gasteiger partial charge in [0.1, 0.15) is 0 Å². The van der Waals surface area contributed by atoms with Crippen molar-refractivity contribution >= 4 is 11.8 Å². The first-order chi connectivity index (χ1) is 7.58. The minimum Gasteiger partial charge on any atom is -0.297 e. The number of hydrogen-bond donors (Lipinski definition) is 1. The van der Waals surface area contributed by atoms with Crippen LogP contribution in [-0.4, -0.2) is 17.0 Å². The lowest BCUT2D eigenvalue weighted by molar-refractivity contribution is 0.0320. The molecule has 0 saturated carbocycles. The quantitative estimate of drug-likeness (QED) is 0.608. The van der Waals surface area contributed by atoms with Crippen molar-refractivity contribution in [1.82, 2.24) is 5.48 Å². The molecule has 0 atom stereocenters. The maximum atomic E-state index is 5.37. The van der Waals surface area contributed by atoms with Gasteiger partial charge < -0.3 is 0 Å². The average molecular weight is 239 g/mol. The Morgan fingerprint density at radius 2 is 1.88 bits per heavy atom. The molecule has 16 heavy (non-hydrogen) atoms. The molecule has 2 nitrogen and oxygen atoms in total. The second-order valence-corrected chi connectivity index (χ2v) is 6.55. The van der Waals surface area contributed by atoms with E-state index in [0.29, 0.717) is 11.4 Å². The van der Waals surface area contributed by atoms with Crippen LogP contribution in [0.4, 0.5) is 0 Å². The first kappa shape index (κ1) is 13.6. The standard InChI is InChI=1S/C13H21NOS/c1-13(2,3)16-10-9-14-15-11-12-7-5-4-6-8-12/h4-8,14H,9-11H2,1-3H3. The molecule has 0 aromatic heterocycles.